The van der Waals surface area contributed by atoms with E-state index in [0.29, 0.717) is 0 Å². The van der Waals surface area contributed by atoms with Crippen LogP contribution in [0.5, 0.6) is 0 Å². The lowest BCUT2D eigenvalue weighted by atomic mass is 9.86. The molecule has 2 aromatic heterocycles. The first kappa shape index (κ1) is 15.1. The minimum absolute atomic E-state index is 0.236. The van der Waals surface area contributed by atoms with Crippen molar-refractivity contribution < 1.29 is 4.74 Å². The van der Waals surface area contributed by atoms with Crippen LogP contribution in [-0.2, 0) is 24.4 Å². The standard InChI is InChI=1S/C14H22N4OS/c1-13(2,20-6)14(19-5,11-15-7-9-17(11)3)12-16-8-10-18(12)4/h7-10H,1-6H3. The summed E-state index contributed by atoms with van der Waals surface area (Å²) in [6, 6.07) is 0. The van der Waals surface area contributed by atoms with Crippen molar-refractivity contribution in [1.82, 2.24) is 19.1 Å². The number of nitrogens with zero attached hydrogens (tertiary/aromatic N) is 4. The van der Waals surface area contributed by atoms with Crippen LogP contribution in [0.4, 0.5) is 0 Å². The number of imidazole rings is 2. The van der Waals surface area contributed by atoms with E-state index >= 15 is 0 Å². The zero-order chi connectivity index (χ0) is 15.0. The summed E-state index contributed by atoms with van der Waals surface area (Å²) in [5.74, 6) is 1.71. The molecule has 0 saturated heterocycles. The van der Waals surface area contributed by atoms with Crippen LogP contribution in [0, 0.1) is 0 Å². The Morgan fingerprint density at radius 3 is 1.75 bits per heavy atom. The largest absolute Gasteiger partial charge is 0.361 e. The van der Waals surface area contributed by atoms with Crippen molar-refractivity contribution in [1.29, 1.82) is 0 Å². The maximum atomic E-state index is 6.06. The lowest BCUT2D eigenvalue weighted by Crippen LogP contribution is -2.51. The average molecular weight is 294 g/mol. The monoisotopic (exact) mass is 294 g/mol. The Bertz CT molecular complexity index is 547. The van der Waals surface area contributed by atoms with Gasteiger partial charge in [-0.25, -0.2) is 9.97 Å². The van der Waals surface area contributed by atoms with Crippen LogP contribution in [0.1, 0.15) is 25.5 Å². The number of aromatic nitrogens is 4. The van der Waals surface area contributed by atoms with Gasteiger partial charge in [-0.1, -0.05) is 0 Å². The van der Waals surface area contributed by atoms with Gasteiger partial charge in [0.1, 0.15) is 11.6 Å². The minimum Gasteiger partial charge on any atom is -0.361 e. The lowest BCUT2D eigenvalue weighted by molar-refractivity contribution is -0.0218. The van der Waals surface area contributed by atoms with Gasteiger partial charge in [0.2, 0.25) is 0 Å². The Hall–Kier alpha value is -1.27. The summed E-state index contributed by atoms with van der Waals surface area (Å²) in [6.45, 7) is 4.31. The van der Waals surface area contributed by atoms with Crippen LogP contribution in [0.3, 0.4) is 0 Å². The van der Waals surface area contributed by atoms with Crippen LogP contribution >= 0.6 is 11.8 Å². The van der Waals surface area contributed by atoms with Crippen molar-refractivity contribution in [3.8, 4) is 0 Å². The first-order valence-electron chi connectivity index (χ1n) is 6.46. The van der Waals surface area contributed by atoms with Gasteiger partial charge in [0.15, 0.2) is 5.60 Å². The number of ether oxygens (including phenoxy) is 1. The summed E-state index contributed by atoms with van der Waals surface area (Å²) < 4.78 is 9.81. The molecule has 0 aromatic carbocycles. The second-order valence-electron chi connectivity index (χ2n) is 5.32. The third kappa shape index (κ3) is 1.98. The molecule has 0 aliphatic heterocycles. The van der Waals surface area contributed by atoms with E-state index in [9.17, 15) is 0 Å². The van der Waals surface area contributed by atoms with E-state index in [1.54, 1.807) is 31.3 Å². The van der Waals surface area contributed by atoms with Gasteiger partial charge in [-0.3, -0.25) is 0 Å². The molecule has 0 spiro atoms. The molecule has 20 heavy (non-hydrogen) atoms. The van der Waals surface area contributed by atoms with Crippen molar-refractivity contribution in [2.45, 2.75) is 24.2 Å². The molecule has 110 valence electrons. The van der Waals surface area contributed by atoms with Crippen molar-refractivity contribution in [3.63, 3.8) is 0 Å². The second kappa shape index (κ2) is 5.26. The Morgan fingerprint density at radius 1 is 1.05 bits per heavy atom. The van der Waals surface area contributed by atoms with Crippen molar-refractivity contribution in [3.05, 3.63) is 36.4 Å². The fourth-order valence-corrected chi connectivity index (χ4v) is 3.17. The molecule has 0 saturated carbocycles. The van der Waals surface area contributed by atoms with Gasteiger partial charge < -0.3 is 13.9 Å². The fraction of sp³-hybridized carbons (Fsp3) is 0.571. The average Bonchev–Trinajstić information content (AvgIpc) is 3.02. The molecule has 0 bridgehead atoms. The van der Waals surface area contributed by atoms with E-state index in [2.05, 4.69) is 30.1 Å². The topological polar surface area (TPSA) is 44.9 Å². The van der Waals surface area contributed by atoms with Crippen molar-refractivity contribution in [2.24, 2.45) is 14.1 Å². The molecule has 0 unspecified atom stereocenters. The van der Waals surface area contributed by atoms with Crippen LogP contribution in [0.2, 0.25) is 0 Å². The molecule has 0 aliphatic rings. The number of hydrogen-bond donors (Lipinski definition) is 0. The molecular formula is C14H22N4OS. The summed E-state index contributed by atoms with van der Waals surface area (Å²) in [5.41, 5.74) is -0.719. The van der Waals surface area contributed by atoms with E-state index in [0.717, 1.165) is 11.6 Å². The van der Waals surface area contributed by atoms with Crippen LogP contribution in [0.25, 0.3) is 0 Å². The van der Waals surface area contributed by atoms with Gasteiger partial charge in [0, 0.05) is 46.0 Å². The van der Waals surface area contributed by atoms with Gasteiger partial charge >= 0.3 is 0 Å². The summed E-state index contributed by atoms with van der Waals surface area (Å²) in [7, 11) is 5.69. The van der Waals surface area contributed by atoms with Gasteiger partial charge in [-0.05, 0) is 20.1 Å². The van der Waals surface area contributed by atoms with Gasteiger partial charge in [0.05, 0.1) is 4.75 Å². The van der Waals surface area contributed by atoms with Gasteiger partial charge in [0.25, 0.3) is 0 Å². The highest BCUT2D eigenvalue weighted by atomic mass is 32.2. The molecule has 0 atom stereocenters. The van der Waals surface area contributed by atoms with E-state index < -0.39 is 5.60 Å². The van der Waals surface area contributed by atoms with E-state index in [-0.39, 0.29) is 4.75 Å². The van der Waals surface area contributed by atoms with Gasteiger partial charge in [-0.2, -0.15) is 11.8 Å². The van der Waals surface area contributed by atoms with Crippen LogP contribution < -0.4 is 0 Å². The molecule has 0 amide bonds. The lowest BCUT2D eigenvalue weighted by Gasteiger charge is -2.43. The predicted octanol–water partition coefficient (Wildman–Crippen LogP) is 2.19. The number of aryl methyl sites for hydroxylation is 2. The zero-order valence-electron chi connectivity index (χ0n) is 12.9. The SMILES string of the molecule is COC(c1nccn1C)(c1nccn1C)C(C)(C)SC. The molecular weight excluding hydrogens is 272 g/mol. The molecule has 2 aromatic rings. The maximum Gasteiger partial charge on any atom is 0.197 e. The molecule has 0 N–H and O–H groups in total. The Balaban J connectivity index is 2.78. The third-order valence-corrected chi connectivity index (χ3v) is 5.24. The summed E-state index contributed by atoms with van der Waals surface area (Å²) >= 11 is 1.74. The zero-order valence-corrected chi connectivity index (χ0v) is 13.7. The van der Waals surface area contributed by atoms with E-state index in [1.807, 2.05) is 35.6 Å². The molecule has 6 heteroatoms. The first-order valence-corrected chi connectivity index (χ1v) is 7.69. The molecule has 0 aliphatic carbocycles. The first-order chi connectivity index (χ1) is 9.40. The summed E-state index contributed by atoms with van der Waals surface area (Å²) in [4.78, 5) is 9.08. The Kier molecular flexibility index (Phi) is 3.97. The van der Waals surface area contributed by atoms with E-state index in [1.165, 1.54) is 0 Å². The Morgan fingerprint density at radius 2 is 1.50 bits per heavy atom. The smallest absolute Gasteiger partial charge is 0.197 e. The normalized spacial score (nSPS) is 12.9. The highest BCUT2D eigenvalue weighted by Gasteiger charge is 2.53. The fourth-order valence-electron chi connectivity index (χ4n) is 2.62. The molecule has 0 fully saturated rings. The summed E-state index contributed by atoms with van der Waals surface area (Å²) in [5, 5.41) is 0. The maximum absolute atomic E-state index is 6.06. The highest BCUT2D eigenvalue weighted by Crippen LogP contribution is 2.47. The van der Waals surface area contributed by atoms with Crippen molar-refractivity contribution >= 4 is 11.8 Å². The number of hydrogen-bond acceptors (Lipinski definition) is 4. The highest BCUT2D eigenvalue weighted by molar-refractivity contribution is 8.00. The van der Waals surface area contributed by atoms with Crippen LogP contribution in [0.15, 0.2) is 24.8 Å². The summed E-state index contributed by atoms with van der Waals surface area (Å²) in [6.07, 6.45) is 9.54. The van der Waals surface area contributed by atoms with Gasteiger partial charge in [-0.15, -0.1) is 0 Å². The number of methoxy groups -OCH3 is 1. The Labute approximate surface area is 124 Å². The predicted molar refractivity (Wildman–Crippen MR) is 81.8 cm³/mol. The quantitative estimate of drug-likeness (QED) is 0.848. The number of thioether (sulfide) groups is 1. The minimum atomic E-state index is -0.719. The second-order valence-corrected chi connectivity index (χ2v) is 6.75. The third-order valence-electron chi connectivity index (χ3n) is 3.94. The molecule has 5 nitrogen and oxygen atoms in total. The van der Waals surface area contributed by atoms with Crippen LogP contribution in [-0.4, -0.2) is 37.2 Å². The molecule has 2 heterocycles. The van der Waals surface area contributed by atoms with Crippen molar-refractivity contribution in [2.75, 3.05) is 13.4 Å². The van der Waals surface area contributed by atoms with E-state index in [4.69, 9.17) is 4.74 Å². The molecule has 2 rings (SSSR count). The number of rotatable bonds is 5. The molecule has 0 radical (unpaired) electrons.